The van der Waals surface area contributed by atoms with E-state index in [2.05, 4.69) is 10.5 Å². The van der Waals surface area contributed by atoms with Gasteiger partial charge in [0.25, 0.3) is 5.89 Å². The highest BCUT2D eigenvalue weighted by atomic mass is 35.5. The highest BCUT2D eigenvalue weighted by Crippen LogP contribution is 2.39. The van der Waals surface area contributed by atoms with Crippen LogP contribution in [0, 0.1) is 12.7 Å². The van der Waals surface area contributed by atoms with Gasteiger partial charge >= 0.3 is 0 Å². The Kier molecular flexibility index (Phi) is 5.89. The van der Waals surface area contributed by atoms with Gasteiger partial charge in [-0.25, -0.2) is 4.39 Å². The molecule has 0 bridgehead atoms. The number of nitrogens with zero attached hydrogens (tertiary/aromatic N) is 3. The molecule has 170 valence electrons. The fourth-order valence-electron chi connectivity index (χ4n) is 4.07. The summed E-state index contributed by atoms with van der Waals surface area (Å²) in [6.45, 7) is 3.67. The summed E-state index contributed by atoms with van der Waals surface area (Å²) in [5.41, 5.74) is 4.61. The maximum atomic E-state index is 14.0. The van der Waals surface area contributed by atoms with E-state index in [9.17, 15) is 4.39 Å². The number of aromatic nitrogens is 2. The average Bonchev–Trinajstić information content (AvgIpc) is 3.31. The number of aryl methyl sites for hydroxylation is 1. The van der Waals surface area contributed by atoms with Gasteiger partial charge in [-0.3, -0.25) is 4.90 Å². The van der Waals surface area contributed by atoms with Crippen molar-refractivity contribution in [1.29, 1.82) is 0 Å². The van der Waals surface area contributed by atoms with Crippen LogP contribution < -0.4 is 10.2 Å². The van der Waals surface area contributed by atoms with E-state index in [1.165, 1.54) is 6.07 Å². The van der Waals surface area contributed by atoms with Crippen LogP contribution in [0.5, 0.6) is 0 Å². The molecule has 2 heterocycles. The lowest BCUT2D eigenvalue weighted by Gasteiger charge is -2.37. The molecule has 0 radical (unpaired) electrons. The summed E-state index contributed by atoms with van der Waals surface area (Å²) in [7, 11) is 0. The van der Waals surface area contributed by atoms with Gasteiger partial charge in [-0.2, -0.15) is 4.98 Å². The van der Waals surface area contributed by atoms with Crippen LogP contribution in [0.15, 0.2) is 83.0 Å². The van der Waals surface area contributed by atoms with E-state index in [4.69, 9.17) is 33.3 Å². The molecule has 1 atom stereocenters. The summed E-state index contributed by atoms with van der Waals surface area (Å²) in [6, 6.07) is 21.8. The molecule has 5 nitrogen and oxygen atoms in total. The van der Waals surface area contributed by atoms with Crippen LogP contribution in [0.3, 0.4) is 0 Å². The number of benzene rings is 3. The minimum absolute atomic E-state index is 0.272. The predicted molar refractivity (Wildman–Crippen MR) is 136 cm³/mol. The van der Waals surface area contributed by atoms with E-state index in [1.54, 1.807) is 31.2 Å². The highest BCUT2D eigenvalue weighted by molar-refractivity contribution is 7.80. The van der Waals surface area contributed by atoms with Crippen molar-refractivity contribution in [1.82, 2.24) is 15.5 Å². The van der Waals surface area contributed by atoms with Gasteiger partial charge < -0.3 is 9.84 Å². The van der Waals surface area contributed by atoms with E-state index < -0.39 is 0 Å². The fraction of sp³-hybridized carbons (Fsp3) is 0.115. The Morgan fingerprint density at radius 3 is 2.56 bits per heavy atom. The quantitative estimate of drug-likeness (QED) is 0.321. The van der Waals surface area contributed by atoms with Crippen LogP contribution >= 0.6 is 23.8 Å². The average molecular weight is 491 g/mol. The highest BCUT2D eigenvalue weighted by Gasteiger charge is 2.34. The standard InChI is InChI=1S/C26H20ClFN4OS/c1-15-13-20(11-12-21(15)28)32-16(2)22(23(29-26(32)34)17-7-4-3-5-8-17)25-30-24(31-33-25)18-9-6-10-19(27)14-18/h3-14,23H,1-2H3,(H,29,34). The van der Waals surface area contributed by atoms with Gasteiger partial charge in [0.1, 0.15) is 5.82 Å². The fourth-order valence-corrected chi connectivity index (χ4v) is 4.62. The van der Waals surface area contributed by atoms with E-state index in [-0.39, 0.29) is 11.9 Å². The molecule has 4 aromatic rings. The van der Waals surface area contributed by atoms with Gasteiger partial charge in [0.15, 0.2) is 5.11 Å². The maximum Gasteiger partial charge on any atom is 0.258 e. The molecule has 3 aromatic carbocycles. The zero-order valence-electron chi connectivity index (χ0n) is 18.4. The van der Waals surface area contributed by atoms with Gasteiger partial charge in [-0.05, 0) is 67.5 Å². The summed E-state index contributed by atoms with van der Waals surface area (Å²) in [4.78, 5) is 6.55. The second-order valence-corrected chi connectivity index (χ2v) is 8.82. The largest absolute Gasteiger partial charge is 0.351 e. The number of rotatable bonds is 4. The van der Waals surface area contributed by atoms with E-state index in [0.717, 1.165) is 28.1 Å². The smallest absolute Gasteiger partial charge is 0.258 e. The SMILES string of the molecule is CC1=C(c2nc(-c3cccc(Cl)c3)no2)C(c2ccccc2)NC(=S)N1c1ccc(F)c(C)c1. The molecule has 1 unspecified atom stereocenters. The first-order chi connectivity index (χ1) is 16.4. The maximum absolute atomic E-state index is 14.0. The van der Waals surface area contributed by atoms with Crippen molar-refractivity contribution in [2.45, 2.75) is 19.9 Å². The zero-order chi connectivity index (χ0) is 23.8. The van der Waals surface area contributed by atoms with Crippen molar-refractivity contribution in [2.75, 3.05) is 4.90 Å². The molecule has 0 saturated carbocycles. The molecular formula is C26H20ClFN4OS. The lowest BCUT2D eigenvalue weighted by Crippen LogP contribution is -2.46. The summed E-state index contributed by atoms with van der Waals surface area (Å²) >= 11 is 11.9. The second kappa shape index (κ2) is 9.00. The lowest BCUT2D eigenvalue weighted by molar-refractivity contribution is 0.404. The molecular weight excluding hydrogens is 471 g/mol. The Labute approximate surface area is 206 Å². The van der Waals surface area contributed by atoms with Gasteiger partial charge in [0.2, 0.25) is 5.82 Å². The molecule has 1 N–H and O–H groups in total. The third-order valence-corrected chi connectivity index (χ3v) is 6.29. The number of thiocarbonyl (C=S) groups is 1. The first kappa shape index (κ1) is 22.3. The van der Waals surface area contributed by atoms with E-state index >= 15 is 0 Å². The molecule has 0 saturated heterocycles. The van der Waals surface area contributed by atoms with Crippen LogP contribution in [0.25, 0.3) is 17.0 Å². The zero-order valence-corrected chi connectivity index (χ0v) is 20.0. The van der Waals surface area contributed by atoms with Gasteiger partial charge in [-0.1, -0.05) is 59.2 Å². The molecule has 0 fully saturated rings. The topological polar surface area (TPSA) is 54.2 Å². The van der Waals surface area contributed by atoms with Crippen molar-refractivity contribution in [3.63, 3.8) is 0 Å². The Morgan fingerprint density at radius 2 is 1.82 bits per heavy atom. The number of hydrogen-bond acceptors (Lipinski definition) is 4. The summed E-state index contributed by atoms with van der Waals surface area (Å²) in [5.74, 6) is 0.522. The third-order valence-electron chi connectivity index (χ3n) is 5.76. The summed E-state index contributed by atoms with van der Waals surface area (Å²) in [5, 5.41) is 8.69. The molecule has 0 aliphatic carbocycles. The molecule has 1 aliphatic heterocycles. The van der Waals surface area contributed by atoms with Crippen LogP contribution in [-0.2, 0) is 0 Å². The van der Waals surface area contributed by atoms with Crippen LogP contribution in [0.4, 0.5) is 10.1 Å². The van der Waals surface area contributed by atoms with Gasteiger partial charge in [0, 0.05) is 22.0 Å². The van der Waals surface area contributed by atoms with E-state index in [1.807, 2.05) is 54.3 Å². The summed E-state index contributed by atoms with van der Waals surface area (Å²) < 4.78 is 19.7. The molecule has 1 aromatic heterocycles. The number of nitrogens with one attached hydrogen (secondary N) is 1. The van der Waals surface area contributed by atoms with Gasteiger partial charge in [-0.15, -0.1) is 0 Å². The first-order valence-electron chi connectivity index (χ1n) is 10.6. The van der Waals surface area contributed by atoms with Crippen LogP contribution in [0.1, 0.15) is 30.0 Å². The van der Waals surface area contributed by atoms with Crippen molar-refractivity contribution < 1.29 is 8.91 Å². The van der Waals surface area contributed by atoms with Crippen LogP contribution in [0.2, 0.25) is 5.02 Å². The van der Waals surface area contributed by atoms with Gasteiger partial charge in [0.05, 0.1) is 11.6 Å². The molecule has 5 rings (SSSR count). The van der Waals surface area contributed by atoms with Crippen molar-refractivity contribution in [2.24, 2.45) is 0 Å². The Morgan fingerprint density at radius 1 is 1.03 bits per heavy atom. The molecule has 8 heteroatoms. The molecule has 0 spiro atoms. The number of hydrogen-bond donors (Lipinski definition) is 1. The third kappa shape index (κ3) is 4.08. The molecule has 34 heavy (non-hydrogen) atoms. The van der Waals surface area contributed by atoms with Crippen molar-refractivity contribution >= 4 is 40.2 Å². The van der Waals surface area contributed by atoms with Crippen LogP contribution in [-0.4, -0.2) is 15.3 Å². The number of halogens is 2. The van der Waals surface area contributed by atoms with Crippen molar-refractivity contribution in [3.05, 3.63) is 106 Å². The Balaban J connectivity index is 1.66. The summed E-state index contributed by atoms with van der Waals surface area (Å²) in [6.07, 6.45) is 0. The first-order valence-corrected chi connectivity index (χ1v) is 11.4. The predicted octanol–water partition coefficient (Wildman–Crippen LogP) is 6.70. The number of allylic oxidation sites excluding steroid dienone is 1. The molecule has 1 aliphatic rings. The minimum atomic E-state index is -0.306. The number of anilines is 1. The lowest BCUT2D eigenvalue weighted by atomic mass is 9.94. The normalized spacial score (nSPS) is 16.1. The van der Waals surface area contributed by atoms with E-state index in [0.29, 0.717) is 27.4 Å². The minimum Gasteiger partial charge on any atom is -0.351 e. The monoisotopic (exact) mass is 490 g/mol. The Bertz CT molecular complexity index is 1420. The van der Waals surface area contributed by atoms with Crippen molar-refractivity contribution in [3.8, 4) is 11.4 Å². The molecule has 0 amide bonds. The Hall–Kier alpha value is -3.55. The second-order valence-electron chi connectivity index (χ2n) is 7.99.